The fourth-order valence-corrected chi connectivity index (χ4v) is 2.15. The average molecular weight is 215 g/mol. The van der Waals surface area contributed by atoms with E-state index < -0.39 is 6.10 Å². The van der Waals surface area contributed by atoms with Gasteiger partial charge in [0.25, 0.3) is 0 Å². The topological polar surface area (TPSA) is 33.4 Å². The molecule has 2 aromatic rings. The van der Waals surface area contributed by atoms with Crippen molar-refractivity contribution >= 4 is 22.9 Å². The normalized spacial score (nSPS) is 13.1. The van der Waals surface area contributed by atoms with Crippen molar-refractivity contribution in [3.05, 3.63) is 45.5 Å². The highest BCUT2D eigenvalue weighted by atomic mass is 35.5. The van der Waals surface area contributed by atoms with Crippen LogP contribution in [0.4, 0.5) is 0 Å². The minimum absolute atomic E-state index is 0.628. The Kier molecular flexibility index (Phi) is 2.40. The molecule has 0 unspecified atom stereocenters. The van der Waals surface area contributed by atoms with Crippen LogP contribution in [0.25, 0.3) is 0 Å². The summed E-state index contributed by atoms with van der Waals surface area (Å²) in [5.41, 5.74) is 0.749. The molecule has 0 aliphatic rings. The SMILES string of the molecule is O[C@@H](c1ccoc1)c1ccc(Cl)s1. The highest BCUT2D eigenvalue weighted by Gasteiger charge is 2.13. The van der Waals surface area contributed by atoms with Crippen LogP contribution in [0, 0.1) is 0 Å². The molecule has 0 aliphatic heterocycles. The molecule has 2 heterocycles. The second-order valence-corrected chi connectivity index (χ2v) is 4.35. The fourth-order valence-electron chi connectivity index (χ4n) is 1.07. The van der Waals surface area contributed by atoms with Gasteiger partial charge in [-0.2, -0.15) is 0 Å². The van der Waals surface area contributed by atoms with E-state index in [0.29, 0.717) is 4.34 Å². The summed E-state index contributed by atoms with van der Waals surface area (Å²) in [4.78, 5) is 0.825. The van der Waals surface area contributed by atoms with Gasteiger partial charge in [0.1, 0.15) is 6.10 Å². The van der Waals surface area contributed by atoms with Gasteiger partial charge < -0.3 is 9.52 Å². The number of hydrogen-bond donors (Lipinski definition) is 1. The first-order valence-corrected chi connectivity index (χ1v) is 4.92. The maximum atomic E-state index is 9.79. The highest BCUT2D eigenvalue weighted by molar-refractivity contribution is 7.16. The molecule has 2 aromatic heterocycles. The molecule has 0 aromatic carbocycles. The number of furan rings is 1. The van der Waals surface area contributed by atoms with Crippen molar-refractivity contribution in [2.24, 2.45) is 0 Å². The van der Waals surface area contributed by atoms with Crippen LogP contribution >= 0.6 is 22.9 Å². The Morgan fingerprint density at radius 3 is 2.77 bits per heavy atom. The molecule has 0 amide bonds. The molecule has 2 rings (SSSR count). The van der Waals surface area contributed by atoms with E-state index in [4.69, 9.17) is 16.0 Å². The molecule has 1 atom stereocenters. The standard InChI is InChI=1S/C9H7ClO2S/c10-8-2-1-7(13-8)9(11)6-3-4-12-5-6/h1-5,9,11H/t9-/m0/s1. The lowest BCUT2D eigenvalue weighted by Gasteiger charge is -2.03. The Balaban J connectivity index is 2.28. The largest absolute Gasteiger partial charge is 0.472 e. The minimum atomic E-state index is -0.628. The predicted molar refractivity (Wildman–Crippen MR) is 52.1 cm³/mol. The van der Waals surface area contributed by atoms with Gasteiger partial charge >= 0.3 is 0 Å². The van der Waals surface area contributed by atoms with Crippen molar-refractivity contribution in [3.8, 4) is 0 Å². The molecule has 0 saturated carbocycles. The number of halogens is 1. The molecule has 0 radical (unpaired) electrons. The van der Waals surface area contributed by atoms with Gasteiger partial charge in [-0.15, -0.1) is 11.3 Å². The van der Waals surface area contributed by atoms with Gasteiger partial charge in [-0.1, -0.05) is 11.6 Å². The molecular weight excluding hydrogens is 208 g/mol. The zero-order valence-corrected chi connectivity index (χ0v) is 8.18. The van der Waals surface area contributed by atoms with E-state index in [1.807, 2.05) is 6.07 Å². The van der Waals surface area contributed by atoms with E-state index >= 15 is 0 Å². The van der Waals surface area contributed by atoms with Crippen LogP contribution in [0.5, 0.6) is 0 Å². The lowest BCUT2D eigenvalue weighted by molar-refractivity contribution is 0.223. The predicted octanol–water partition coefficient (Wildman–Crippen LogP) is 3.08. The summed E-state index contributed by atoms with van der Waals surface area (Å²) in [5, 5.41) is 9.79. The molecule has 4 heteroatoms. The van der Waals surface area contributed by atoms with Crippen molar-refractivity contribution in [2.45, 2.75) is 6.10 Å². The second-order valence-electron chi connectivity index (χ2n) is 2.60. The van der Waals surface area contributed by atoms with E-state index in [2.05, 4.69) is 0 Å². The number of hydrogen-bond acceptors (Lipinski definition) is 3. The molecule has 0 saturated heterocycles. The van der Waals surface area contributed by atoms with Crippen LogP contribution in [-0.4, -0.2) is 5.11 Å². The van der Waals surface area contributed by atoms with Gasteiger partial charge in [-0.25, -0.2) is 0 Å². The van der Waals surface area contributed by atoms with Crippen molar-refractivity contribution in [1.82, 2.24) is 0 Å². The highest BCUT2D eigenvalue weighted by Crippen LogP contribution is 2.30. The lowest BCUT2D eigenvalue weighted by atomic mass is 10.2. The Labute approximate surface area is 84.4 Å². The van der Waals surface area contributed by atoms with Crippen molar-refractivity contribution in [2.75, 3.05) is 0 Å². The van der Waals surface area contributed by atoms with Crippen LogP contribution < -0.4 is 0 Å². The number of rotatable bonds is 2. The van der Waals surface area contributed by atoms with E-state index in [9.17, 15) is 5.11 Å². The van der Waals surface area contributed by atoms with Crippen LogP contribution in [0.2, 0.25) is 4.34 Å². The van der Waals surface area contributed by atoms with E-state index in [0.717, 1.165) is 10.4 Å². The third-order valence-corrected chi connectivity index (χ3v) is 3.01. The summed E-state index contributed by atoms with van der Waals surface area (Å²) >= 11 is 7.12. The lowest BCUT2D eigenvalue weighted by Crippen LogP contribution is -1.93. The maximum absolute atomic E-state index is 9.79. The Hall–Kier alpha value is -0.770. The van der Waals surface area contributed by atoms with Gasteiger partial charge in [0, 0.05) is 10.4 Å². The molecule has 68 valence electrons. The molecular formula is C9H7ClO2S. The average Bonchev–Trinajstić information content (AvgIpc) is 2.72. The van der Waals surface area contributed by atoms with Gasteiger partial charge in [0.05, 0.1) is 16.9 Å². The van der Waals surface area contributed by atoms with E-state index in [1.54, 1.807) is 12.1 Å². The third kappa shape index (κ3) is 1.77. The maximum Gasteiger partial charge on any atom is 0.116 e. The van der Waals surface area contributed by atoms with E-state index in [1.165, 1.54) is 23.9 Å². The first-order chi connectivity index (χ1) is 6.27. The summed E-state index contributed by atoms with van der Waals surface area (Å²) in [6, 6.07) is 5.31. The molecule has 0 bridgehead atoms. The van der Waals surface area contributed by atoms with Gasteiger partial charge in [-0.05, 0) is 18.2 Å². The zero-order valence-electron chi connectivity index (χ0n) is 6.61. The van der Waals surface area contributed by atoms with Crippen LogP contribution in [0.1, 0.15) is 16.5 Å². The zero-order chi connectivity index (χ0) is 9.26. The Morgan fingerprint density at radius 1 is 1.38 bits per heavy atom. The van der Waals surface area contributed by atoms with Crippen LogP contribution in [-0.2, 0) is 0 Å². The number of aliphatic hydroxyl groups is 1. The number of thiophene rings is 1. The summed E-state index contributed by atoms with van der Waals surface area (Å²) in [5.74, 6) is 0. The molecule has 2 nitrogen and oxygen atoms in total. The quantitative estimate of drug-likeness (QED) is 0.834. The molecule has 0 aliphatic carbocycles. The summed E-state index contributed by atoms with van der Waals surface area (Å²) in [6.45, 7) is 0. The molecule has 0 spiro atoms. The molecule has 1 N–H and O–H groups in total. The molecule has 13 heavy (non-hydrogen) atoms. The van der Waals surface area contributed by atoms with Gasteiger partial charge in [0.2, 0.25) is 0 Å². The van der Waals surface area contributed by atoms with Crippen molar-refractivity contribution in [1.29, 1.82) is 0 Å². The van der Waals surface area contributed by atoms with E-state index in [-0.39, 0.29) is 0 Å². The Morgan fingerprint density at radius 2 is 2.23 bits per heavy atom. The monoisotopic (exact) mass is 214 g/mol. The third-order valence-electron chi connectivity index (χ3n) is 1.72. The van der Waals surface area contributed by atoms with Crippen LogP contribution in [0.3, 0.4) is 0 Å². The second kappa shape index (κ2) is 3.54. The van der Waals surface area contributed by atoms with Gasteiger partial charge in [-0.3, -0.25) is 0 Å². The molecule has 0 fully saturated rings. The summed E-state index contributed by atoms with van der Waals surface area (Å²) in [7, 11) is 0. The van der Waals surface area contributed by atoms with Crippen LogP contribution in [0.15, 0.2) is 35.1 Å². The van der Waals surface area contributed by atoms with Crippen molar-refractivity contribution in [3.63, 3.8) is 0 Å². The minimum Gasteiger partial charge on any atom is -0.472 e. The van der Waals surface area contributed by atoms with Crippen molar-refractivity contribution < 1.29 is 9.52 Å². The smallest absolute Gasteiger partial charge is 0.116 e. The first kappa shape index (κ1) is 8.81. The Bertz CT molecular complexity index is 380. The van der Waals surface area contributed by atoms with Gasteiger partial charge in [0.15, 0.2) is 0 Å². The summed E-state index contributed by atoms with van der Waals surface area (Å²) in [6.07, 6.45) is 2.43. The first-order valence-electron chi connectivity index (χ1n) is 3.73. The summed E-state index contributed by atoms with van der Waals surface area (Å²) < 4.78 is 5.55. The fraction of sp³-hybridized carbons (Fsp3) is 0.111. The number of aliphatic hydroxyl groups excluding tert-OH is 1.